The highest BCUT2D eigenvalue weighted by Gasteiger charge is 2.32. The van der Waals surface area contributed by atoms with Gasteiger partial charge in [0, 0.05) is 24.8 Å². The van der Waals surface area contributed by atoms with E-state index in [1.54, 1.807) is 6.92 Å². The minimum absolute atomic E-state index is 0.0382. The lowest BCUT2D eigenvalue weighted by Gasteiger charge is -2.27. The third kappa shape index (κ3) is 3.56. The van der Waals surface area contributed by atoms with Gasteiger partial charge in [-0.2, -0.15) is 5.26 Å². The maximum absolute atomic E-state index is 12.1. The van der Waals surface area contributed by atoms with Crippen LogP contribution < -0.4 is 10.6 Å². The number of rotatable bonds is 6. The molecule has 0 atom stereocenters. The first kappa shape index (κ1) is 16.8. The Kier molecular flexibility index (Phi) is 5.09. The number of ketones is 1. The molecule has 7 nitrogen and oxygen atoms in total. The van der Waals surface area contributed by atoms with Crippen LogP contribution in [0.1, 0.15) is 45.1 Å². The van der Waals surface area contributed by atoms with Crippen molar-refractivity contribution in [1.29, 1.82) is 5.26 Å². The largest absolute Gasteiger partial charge is 0.401 e. The van der Waals surface area contributed by atoms with E-state index in [0.29, 0.717) is 6.04 Å². The number of aromatic nitrogens is 3. The predicted octanol–water partition coefficient (Wildman–Crippen LogP) is 2.02. The number of nitrogens with zero attached hydrogens (tertiary/aromatic N) is 5. The average Bonchev–Trinajstić information content (AvgIpc) is 3.33. The summed E-state index contributed by atoms with van der Waals surface area (Å²) < 4.78 is 2.17. The number of carbonyl (C=O) groups is 1. The molecule has 0 radical (unpaired) electrons. The second-order valence-electron chi connectivity index (χ2n) is 6.31. The summed E-state index contributed by atoms with van der Waals surface area (Å²) in [7, 11) is 0. The average molecular weight is 346 g/mol. The number of nitriles is 1. The molecule has 1 saturated carbocycles. The van der Waals surface area contributed by atoms with Gasteiger partial charge in [-0.05, 0) is 39.0 Å². The summed E-state index contributed by atoms with van der Waals surface area (Å²) in [5, 5.41) is 18.5. The Labute approximate surface area is 145 Å². The lowest BCUT2D eigenvalue weighted by atomic mass is 10.1. The van der Waals surface area contributed by atoms with E-state index in [-0.39, 0.29) is 22.8 Å². The molecule has 2 N–H and O–H groups in total. The van der Waals surface area contributed by atoms with Crippen LogP contribution in [0, 0.1) is 11.3 Å². The van der Waals surface area contributed by atoms with E-state index >= 15 is 0 Å². The van der Waals surface area contributed by atoms with Gasteiger partial charge < -0.3 is 10.6 Å². The molecule has 24 heavy (non-hydrogen) atoms. The van der Waals surface area contributed by atoms with Crippen LogP contribution in [0.3, 0.4) is 0 Å². The molecule has 2 aliphatic rings. The molecule has 2 heterocycles. The maximum Gasteiger partial charge on any atom is 0.228 e. The minimum atomic E-state index is -0.257. The minimum Gasteiger partial charge on any atom is -0.401 e. The van der Waals surface area contributed by atoms with Crippen molar-refractivity contribution in [2.45, 2.75) is 50.2 Å². The molecule has 0 unspecified atom stereocenters. The fraction of sp³-hybridized carbons (Fsp3) is 0.625. The Morgan fingerprint density at radius 2 is 2.04 bits per heavy atom. The number of allylic oxidation sites excluding steroid dienone is 2. The summed E-state index contributed by atoms with van der Waals surface area (Å²) >= 11 is 1.34. The fourth-order valence-corrected chi connectivity index (χ4v) is 3.78. The molecule has 0 amide bonds. The Balaban J connectivity index is 1.74. The monoisotopic (exact) mass is 346 g/mol. The van der Waals surface area contributed by atoms with E-state index in [9.17, 15) is 4.79 Å². The van der Waals surface area contributed by atoms with Crippen molar-refractivity contribution in [3.05, 3.63) is 11.3 Å². The third-order valence-corrected chi connectivity index (χ3v) is 5.26. The molecule has 1 aliphatic carbocycles. The zero-order valence-electron chi connectivity index (χ0n) is 13.9. The molecule has 8 heteroatoms. The molecule has 2 fully saturated rings. The zero-order chi connectivity index (χ0) is 17.1. The predicted molar refractivity (Wildman–Crippen MR) is 92.6 cm³/mol. The van der Waals surface area contributed by atoms with E-state index in [2.05, 4.69) is 19.7 Å². The number of hydrogen-bond acceptors (Lipinski definition) is 7. The quantitative estimate of drug-likeness (QED) is 0.478. The molecule has 1 aliphatic heterocycles. The van der Waals surface area contributed by atoms with Gasteiger partial charge >= 0.3 is 0 Å². The molecule has 1 saturated heterocycles. The highest BCUT2D eigenvalue weighted by atomic mass is 32.2. The molecular weight excluding hydrogens is 324 g/mol. The standard InChI is InChI=1S/C16H22N6OS/c1-11(18)13(9-17)14(23)10-24-16-20-19-15(22(16)12-5-6-12)21-7-3-2-4-8-21/h12H,2-8,10,18H2,1H3/b13-11+. The molecule has 128 valence electrons. The molecular formula is C16H22N6OS. The van der Waals surface area contributed by atoms with Crippen LogP contribution in [-0.2, 0) is 4.79 Å². The van der Waals surface area contributed by atoms with Crippen molar-refractivity contribution in [2.24, 2.45) is 5.73 Å². The molecule has 0 aromatic carbocycles. The second kappa shape index (κ2) is 7.26. The third-order valence-electron chi connectivity index (χ3n) is 4.31. The van der Waals surface area contributed by atoms with Gasteiger partial charge in [0.05, 0.1) is 5.75 Å². The van der Waals surface area contributed by atoms with Crippen LogP contribution in [0.5, 0.6) is 0 Å². The maximum atomic E-state index is 12.1. The number of anilines is 1. The van der Waals surface area contributed by atoms with Gasteiger partial charge in [-0.25, -0.2) is 0 Å². The number of piperidine rings is 1. The first-order chi connectivity index (χ1) is 11.6. The Morgan fingerprint density at radius 3 is 2.62 bits per heavy atom. The van der Waals surface area contributed by atoms with Crippen molar-refractivity contribution in [2.75, 3.05) is 23.7 Å². The Bertz CT molecular complexity index is 690. The van der Waals surface area contributed by atoms with Crippen LogP contribution in [0.25, 0.3) is 0 Å². The molecule has 1 aromatic rings. The van der Waals surface area contributed by atoms with Gasteiger partial charge in [-0.15, -0.1) is 10.2 Å². The van der Waals surface area contributed by atoms with Crippen molar-refractivity contribution >= 4 is 23.5 Å². The summed E-state index contributed by atoms with van der Waals surface area (Å²) in [5.41, 5.74) is 5.90. The summed E-state index contributed by atoms with van der Waals surface area (Å²) in [6.45, 7) is 3.60. The summed E-state index contributed by atoms with van der Waals surface area (Å²) in [6, 6.07) is 2.33. The summed E-state index contributed by atoms with van der Waals surface area (Å²) in [6.07, 6.45) is 5.90. The first-order valence-corrected chi connectivity index (χ1v) is 9.32. The highest BCUT2D eigenvalue weighted by molar-refractivity contribution is 7.99. The van der Waals surface area contributed by atoms with Gasteiger partial charge in [0.1, 0.15) is 11.6 Å². The number of hydrogen-bond donors (Lipinski definition) is 1. The van der Waals surface area contributed by atoms with Crippen molar-refractivity contribution in [3.8, 4) is 6.07 Å². The van der Waals surface area contributed by atoms with Crippen LogP contribution in [-0.4, -0.2) is 39.4 Å². The second-order valence-corrected chi connectivity index (χ2v) is 7.26. The van der Waals surface area contributed by atoms with E-state index in [1.807, 2.05) is 6.07 Å². The van der Waals surface area contributed by atoms with Gasteiger partial charge in [-0.1, -0.05) is 11.8 Å². The van der Waals surface area contributed by atoms with Gasteiger partial charge in [0.2, 0.25) is 5.95 Å². The number of carbonyl (C=O) groups excluding carboxylic acids is 1. The SMILES string of the molecule is C/C(N)=C(/C#N)C(=O)CSc1nnc(N2CCCCC2)n1C1CC1. The van der Waals surface area contributed by atoms with Crippen LogP contribution in [0.4, 0.5) is 5.95 Å². The summed E-state index contributed by atoms with van der Waals surface area (Å²) in [4.78, 5) is 14.4. The van der Waals surface area contributed by atoms with Crippen LogP contribution in [0.15, 0.2) is 16.4 Å². The molecule has 0 spiro atoms. The molecule has 3 rings (SSSR count). The van der Waals surface area contributed by atoms with E-state index in [1.165, 1.54) is 31.0 Å². The number of nitrogens with two attached hydrogens (primary N) is 1. The Hall–Kier alpha value is -2.01. The fourth-order valence-electron chi connectivity index (χ4n) is 2.90. The van der Waals surface area contributed by atoms with E-state index < -0.39 is 0 Å². The van der Waals surface area contributed by atoms with Crippen molar-refractivity contribution < 1.29 is 4.79 Å². The van der Waals surface area contributed by atoms with Crippen molar-refractivity contribution in [1.82, 2.24) is 14.8 Å². The van der Waals surface area contributed by atoms with Gasteiger partial charge in [0.15, 0.2) is 10.9 Å². The Morgan fingerprint density at radius 1 is 1.33 bits per heavy atom. The van der Waals surface area contributed by atoms with Gasteiger partial charge in [0.25, 0.3) is 0 Å². The van der Waals surface area contributed by atoms with Gasteiger partial charge in [-0.3, -0.25) is 9.36 Å². The normalized spacial score (nSPS) is 18.9. The number of Topliss-reactive ketones (excluding diaryl/α,β-unsaturated/α-hetero) is 1. The lowest BCUT2D eigenvalue weighted by Crippen LogP contribution is -2.32. The van der Waals surface area contributed by atoms with E-state index in [0.717, 1.165) is 37.0 Å². The van der Waals surface area contributed by atoms with Crippen LogP contribution >= 0.6 is 11.8 Å². The zero-order valence-corrected chi connectivity index (χ0v) is 14.7. The summed E-state index contributed by atoms with van der Waals surface area (Å²) in [5.74, 6) is 0.827. The highest BCUT2D eigenvalue weighted by Crippen LogP contribution is 2.41. The number of thioether (sulfide) groups is 1. The first-order valence-electron chi connectivity index (χ1n) is 8.34. The van der Waals surface area contributed by atoms with Crippen molar-refractivity contribution in [3.63, 3.8) is 0 Å². The van der Waals surface area contributed by atoms with Crippen LogP contribution in [0.2, 0.25) is 0 Å². The molecule has 1 aromatic heterocycles. The topological polar surface area (TPSA) is 101 Å². The lowest BCUT2D eigenvalue weighted by molar-refractivity contribution is -0.112. The molecule has 0 bridgehead atoms. The van der Waals surface area contributed by atoms with E-state index in [4.69, 9.17) is 11.0 Å². The smallest absolute Gasteiger partial charge is 0.228 e.